The molecule has 1 N–H and O–H groups in total. The third-order valence-corrected chi connectivity index (χ3v) is 3.82. The SMILES string of the molecule is CC(=O)OC(c1cccc(N2CCOC([C@@H](OC(C)=O)C(=O)O)C2=O)n1)C(F)(F)F. The van der Waals surface area contributed by atoms with Crippen LogP contribution >= 0.6 is 0 Å². The first-order chi connectivity index (χ1) is 13.9. The normalized spacial score (nSPS) is 19.0. The Labute approximate surface area is 167 Å². The molecule has 13 heteroatoms. The number of aliphatic carboxylic acids is 1. The molecule has 1 amide bonds. The predicted octanol–water partition coefficient (Wildman–Crippen LogP) is 0.996. The van der Waals surface area contributed by atoms with Crippen LogP contribution in [0.15, 0.2) is 18.2 Å². The molecule has 2 rings (SSSR count). The number of morpholine rings is 1. The van der Waals surface area contributed by atoms with E-state index in [9.17, 15) is 37.5 Å². The van der Waals surface area contributed by atoms with E-state index in [4.69, 9.17) is 4.74 Å². The Morgan fingerprint density at radius 2 is 1.87 bits per heavy atom. The number of ether oxygens (including phenoxy) is 3. The Kier molecular flexibility index (Phi) is 6.97. The van der Waals surface area contributed by atoms with Crippen LogP contribution in [0.3, 0.4) is 0 Å². The number of pyridine rings is 1. The molecular formula is C17H17F3N2O8. The Hall–Kier alpha value is -3.22. The highest BCUT2D eigenvalue weighted by Gasteiger charge is 2.46. The fourth-order valence-electron chi connectivity index (χ4n) is 2.67. The second-order valence-corrected chi connectivity index (χ2v) is 6.10. The van der Waals surface area contributed by atoms with Gasteiger partial charge in [-0.15, -0.1) is 0 Å². The van der Waals surface area contributed by atoms with Crippen LogP contribution in [0.25, 0.3) is 0 Å². The molecule has 0 aliphatic carbocycles. The number of hydrogen-bond donors (Lipinski definition) is 1. The third-order valence-electron chi connectivity index (χ3n) is 3.82. The van der Waals surface area contributed by atoms with E-state index in [0.29, 0.717) is 0 Å². The van der Waals surface area contributed by atoms with Gasteiger partial charge in [0, 0.05) is 13.8 Å². The number of amides is 1. The van der Waals surface area contributed by atoms with Gasteiger partial charge in [-0.2, -0.15) is 13.2 Å². The minimum atomic E-state index is -4.96. The van der Waals surface area contributed by atoms with Crippen molar-refractivity contribution in [3.05, 3.63) is 23.9 Å². The van der Waals surface area contributed by atoms with Gasteiger partial charge in [0.2, 0.25) is 12.2 Å². The van der Waals surface area contributed by atoms with Gasteiger partial charge >= 0.3 is 24.1 Å². The van der Waals surface area contributed by atoms with Crippen LogP contribution in [0.2, 0.25) is 0 Å². The second kappa shape index (κ2) is 9.07. The molecule has 2 heterocycles. The van der Waals surface area contributed by atoms with Crippen molar-refractivity contribution in [3.63, 3.8) is 0 Å². The van der Waals surface area contributed by atoms with E-state index < -0.39 is 54.0 Å². The van der Waals surface area contributed by atoms with E-state index in [2.05, 4.69) is 14.5 Å². The zero-order chi connectivity index (χ0) is 22.6. The van der Waals surface area contributed by atoms with Gasteiger partial charge in [-0.3, -0.25) is 19.3 Å². The van der Waals surface area contributed by atoms with Crippen LogP contribution in [-0.4, -0.2) is 65.4 Å². The van der Waals surface area contributed by atoms with Crippen molar-refractivity contribution in [2.45, 2.75) is 38.3 Å². The number of carboxylic acids is 1. The van der Waals surface area contributed by atoms with Crippen molar-refractivity contribution >= 4 is 29.6 Å². The summed E-state index contributed by atoms with van der Waals surface area (Å²) in [4.78, 5) is 50.9. The smallest absolute Gasteiger partial charge is 0.431 e. The number of esters is 2. The Morgan fingerprint density at radius 3 is 2.40 bits per heavy atom. The quantitative estimate of drug-likeness (QED) is 0.651. The molecule has 10 nitrogen and oxygen atoms in total. The molecule has 164 valence electrons. The van der Waals surface area contributed by atoms with Gasteiger partial charge in [0.25, 0.3) is 5.91 Å². The number of alkyl halides is 3. The maximum absolute atomic E-state index is 13.3. The molecule has 0 spiro atoms. The molecule has 3 atom stereocenters. The molecule has 1 aromatic rings. The topological polar surface area (TPSA) is 132 Å². The van der Waals surface area contributed by atoms with Gasteiger partial charge in [-0.1, -0.05) is 6.07 Å². The standard InChI is InChI=1S/C17H17F3N2O8/c1-8(23)29-13(16(26)27)12-15(25)22(6-7-28-12)11-5-3-4-10(21-11)14(17(18,19)20)30-9(2)24/h3-5,12-14H,6-7H2,1-2H3,(H,26,27)/t12?,13-,14?/m1/s1. The molecule has 1 aliphatic heterocycles. The molecule has 0 bridgehead atoms. The average molecular weight is 434 g/mol. The summed E-state index contributed by atoms with van der Waals surface area (Å²) in [6.07, 6.45) is -11.3. The molecule has 0 aromatic carbocycles. The van der Waals surface area contributed by atoms with Crippen LogP contribution in [0.4, 0.5) is 19.0 Å². The molecule has 2 unspecified atom stereocenters. The molecule has 1 aromatic heterocycles. The lowest BCUT2D eigenvalue weighted by Crippen LogP contribution is -2.55. The minimum absolute atomic E-state index is 0.150. The Bertz CT molecular complexity index is 845. The van der Waals surface area contributed by atoms with Gasteiger partial charge in [0.1, 0.15) is 5.82 Å². The number of carbonyl (C=O) groups is 4. The number of carboxylic acid groups (broad SMARTS) is 1. The van der Waals surface area contributed by atoms with Crippen LogP contribution < -0.4 is 4.90 Å². The van der Waals surface area contributed by atoms with Crippen molar-refractivity contribution in [2.75, 3.05) is 18.1 Å². The summed E-state index contributed by atoms with van der Waals surface area (Å²) in [6, 6.07) is 3.34. The van der Waals surface area contributed by atoms with Gasteiger partial charge in [-0.25, -0.2) is 9.78 Å². The average Bonchev–Trinajstić information content (AvgIpc) is 2.63. The predicted molar refractivity (Wildman–Crippen MR) is 90.1 cm³/mol. The number of anilines is 1. The van der Waals surface area contributed by atoms with Crippen LogP contribution in [0, 0.1) is 0 Å². The number of rotatable bonds is 6. The summed E-state index contributed by atoms with van der Waals surface area (Å²) in [5.74, 6) is -5.02. The van der Waals surface area contributed by atoms with E-state index in [1.165, 1.54) is 12.1 Å². The maximum atomic E-state index is 13.3. The first-order valence-electron chi connectivity index (χ1n) is 8.45. The molecule has 1 fully saturated rings. The number of nitrogens with zero attached hydrogens (tertiary/aromatic N) is 2. The minimum Gasteiger partial charge on any atom is -0.478 e. The monoisotopic (exact) mass is 434 g/mol. The summed E-state index contributed by atoms with van der Waals surface area (Å²) < 4.78 is 53.8. The molecule has 1 saturated heterocycles. The van der Waals surface area contributed by atoms with Crippen LogP contribution in [0.5, 0.6) is 0 Å². The Balaban J connectivity index is 2.36. The van der Waals surface area contributed by atoms with Crippen molar-refractivity contribution in [1.82, 2.24) is 4.98 Å². The van der Waals surface area contributed by atoms with Crippen molar-refractivity contribution < 1.29 is 51.7 Å². The van der Waals surface area contributed by atoms with E-state index >= 15 is 0 Å². The van der Waals surface area contributed by atoms with Gasteiger partial charge in [0.15, 0.2) is 6.10 Å². The Morgan fingerprint density at radius 1 is 1.23 bits per heavy atom. The van der Waals surface area contributed by atoms with Gasteiger partial charge in [0.05, 0.1) is 18.8 Å². The molecule has 30 heavy (non-hydrogen) atoms. The zero-order valence-electron chi connectivity index (χ0n) is 15.7. The summed E-state index contributed by atoms with van der Waals surface area (Å²) in [5.41, 5.74) is -0.680. The van der Waals surface area contributed by atoms with E-state index in [1.54, 1.807) is 0 Å². The number of halogens is 3. The zero-order valence-corrected chi connectivity index (χ0v) is 15.7. The number of aromatic nitrogens is 1. The second-order valence-electron chi connectivity index (χ2n) is 6.10. The molecular weight excluding hydrogens is 417 g/mol. The molecule has 0 radical (unpaired) electrons. The van der Waals surface area contributed by atoms with E-state index in [-0.39, 0.29) is 19.0 Å². The highest BCUT2D eigenvalue weighted by atomic mass is 19.4. The third kappa shape index (κ3) is 5.43. The summed E-state index contributed by atoms with van der Waals surface area (Å²) >= 11 is 0. The van der Waals surface area contributed by atoms with Crippen molar-refractivity contribution in [1.29, 1.82) is 0 Å². The lowest BCUT2D eigenvalue weighted by molar-refractivity contribution is -0.223. The number of hydrogen-bond acceptors (Lipinski definition) is 8. The highest BCUT2D eigenvalue weighted by Crippen LogP contribution is 2.36. The summed E-state index contributed by atoms with van der Waals surface area (Å²) in [5, 5.41) is 9.22. The lowest BCUT2D eigenvalue weighted by Gasteiger charge is -2.34. The van der Waals surface area contributed by atoms with Crippen molar-refractivity contribution in [2.24, 2.45) is 0 Å². The molecule has 1 aliphatic rings. The highest BCUT2D eigenvalue weighted by molar-refractivity contribution is 6.00. The van der Waals surface area contributed by atoms with E-state index in [0.717, 1.165) is 24.8 Å². The fraction of sp³-hybridized carbons (Fsp3) is 0.471. The van der Waals surface area contributed by atoms with Gasteiger partial charge < -0.3 is 19.3 Å². The van der Waals surface area contributed by atoms with Crippen molar-refractivity contribution in [3.8, 4) is 0 Å². The largest absolute Gasteiger partial charge is 0.478 e. The summed E-state index contributed by atoms with van der Waals surface area (Å²) in [7, 11) is 0. The van der Waals surface area contributed by atoms with Gasteiger partial charge in [-0.05, 0) is 12.1 Å². The first kappa shape index (κ1) is 23.1. The maximum Gasteiger partial charge on any atom is 0.431 e. The first-order valence-corrected chi connectivity index (χ1v) is 8.45. The summed E-state index contributed by atoms with van der Waals surface area (Å²) in [6.45, 7) is 1.40. The molecule has 0 saturated carbocycles. The fourth-order valence-corrected chi connectivity index (χ4v) is 2.67. The van der Waals surface area contributed by atoms with E-state index in [1.807, 2.05) is 0 Å². The van der Waals surface area contributed by atoms with Crippen LogP contribution in [0.1, 0.15) is 25.6 Å². The number of carbonyl (C=O) groups excluding carboxylic acids is 3. The van der Waals surface area contributed by atoms with Crippen LogP contribution in [-0.2, 0) is 33.4 Å². The lowest BCUT2D eigenvalue weighted by atomic mass is 10.1.